The first kappa shape index (κ1) is 13.6. The van der Waals surface area contributed by atoms with E-state index in [0.29, 0.717) is 16.3 Å². The normalized spacial score (nSPS) is 10.3. The van der Waals surface area contributed by atoms with E-state index in [4.69, 9.17) is 11.6 Å². The Bertz CT molecular complexity index is 635. The molecule has 1 amide bonds. The maximum Gasteiger partial charge on any atom is 0.255 e. The second-order valence-corrected chi connectivity index (χ2v) is 5.14. The molecule has 19 heavy (non-hydrogen) atoms. The standard InChI is InChI=1S/C16H16ClNO/c1-10-4-7-14(12(3)8-10)16(19)18-13-6-5-11(2)15(17)9-13/h4-9H,1-3H3,(H,18,19). The molecule has 2 aromatic rings. The van der Waals surface area contributed by atoms with Gasteiger partial charge in [0.25, 0.3) is 5.91 Å². The van der Waals surface area contributed by atoms with Crippen molar-refractivity contribution < 1.29 is 4.79 Å². The Morgan fingerprint density at radius 1 is 1.00 bits per heavy atom. The number of nitrogens with one attached hydrogen (secondary N) is 1. The zero-order chi connectivity index (χ0) is 14.0. The highest BCUT2D eigenvalue weighted by atomic mass is 35.5. The van der Waals surface area contributed by atoms with E-state index in [1.54, 1.807) is 6.07 Å². The molecule has 0 saturated heterocycles. The van der Waals surface area contributed by atoms with Gasteiger partial charge in [-0.15, -0.1) is 0 Å². The van der Waals surface area contributed by atoms with Gasteiger partial charge in [0.2, 0.25) is 0 Å². The van der Waals surface area contributed by atoms with E-state index in [-0.39, 0.29) is 5.91 Å². The highest BCUT2D eigenvalue weighted by molar-refractivity contribution is 6.31. The molecule has 0 fully saturated rings. The lowest BCUT2D eigenvalue weighted by molar-refractivity contribution is 0.102. The van der Waals surface area contributed by atoms with Crippen molar-refractivity contribution >= 4 is 23.2 Å². The number of halogens is 1. The predicted octanol–water partition coefficient (Wildman–Crippen LogP) is 4.52. The van der Waals surface area contributed by atoms with E-state index in [9.17, 15) is 4.79 Å². The number of anilines is 1. The van der Waals surface area contributed by atoms with Crippen LogP contribution in [0.4, 0.5) is 5.69 Å². The first-order valence-electron chi connectivity index (χ1n) is 6.12. The van der Waals surface area contributed by atoms with Crippen LogP contribution in [0.2, 0.25) is 5.02 Å². The van der Waals surface area contributed by atoms with Crippen LogP contribution in [-0.4, -0.2) is 5.91 Å². The molecule has 2 rings (SSSR count). The van der Waals surface area contributed by atoms with Gasteiger partial charge >= 0.3 is 0 Å². The fourth-order valence-electron chi connectivity index (χ4n) is 1.94. The van der Waals surface area contributed by atoms with E-state index < -0.39 is 0 Å². The van der Waals surface area contributed by atoms with Crippen molar-refractivity contribution in [2.45, 2.75) is 20.8 Å². The molecule has 0 bridgehead atoms. The highest BCUT2D eigenvalue weighted by Crippen LogP contribution is 2.21. The second kappa shape index (κ2) is 5.45. The molecular weight excluding hydrogens is 258 g/mol. The molecule has 98 valence electrons. The molecule has 0 atom stereocenters. The van der Waals surface area contributed by atoms with Crippen LogP contribution in [0.1, 0.15) is 27.0 Å². The molecule has 3 heteroatoms. The molecule has 0 saturated carbocycles. The minimum absolute atomic E-state index is 0.114. The van der Waals surface area contributed by atoms with Crippen molar-refractivity contribution in [2.24, 2.45) is 0 Å². The second-order valence-electron chi connectivity index (χ2n) is 4.74. The van der Waals surface area contributed by atoms with Crippen LogP contribution in [0.3, 0.4) is 0 Å². The molecule has 0 unspecified atom stereocenters. The van der Waals surface area contributed by atoms with Crippen molar-refractivity contribution in [1.82, 2.24) is 0 Å². The Labute approximate surface area is 118 Å². The summed E-state index contributed by atoms with van der Waals surface area (Å²) in [4.78, 5) is 12.2. The van der Waals surface area contributed by atoms with Crippen LogP contribution in [-0.2, 0) is 0 Å². The highest BCUT2D eigenvalue weighted by Gasteiger charge is 2.09. The number of carbonyl (C=O) groups is 1. The van der Waals surface area contributed by atoms with Crippen molar-refractivity contribution in [3.63, 3.8) is 0 Å². The van der Waals surface area contributed by atoms with Crippen LogP contribution >= 0.6 is 11.6 Å². The number of hydrogen-bond acceptors (Lipinski definition) is 1. The zero-order valence-corrected chi connectivity index (χ0v) is 12.0. The quantitative estimate of drug-likeness (QED) is 0.856. The third kappa shape index (κ3) is 3.15. The molecule has 2 nitrogen and oxygen atoms in total. The van der Waals surface area contributed by atoms with E-state index in [0.717, 1.165) is 16.7 Å². The van der Waals surface area contributed by atoms with Crippen molar-refractivity contribution in [3.8, 4) is 0 Å². The molecule has 1 N–H and O–H groups in total. The minimum Gasteiger partial charge on any atom is -0.322 e. The Morgan fingerprint density at radius 3 is 2.37 bits per heavy atom. The van der Waals surface area contributed by atoms with Gasteiger partial charge in [0.1, 0.15) is 0 Å². The van der Waals surface area contributed by atoms with Gasteiger partial charge in [-0.3, -0.25) is 4.79 Å². The lowest BCUT2D eigenvalue weighted by Crippen LogP contribution is -2.13. The largest absolute Gasteiger partial charge is 0.322 e. The topological polar surface area (TPSA) is 29.1 Å². The number of benzene rings is 2. The maximum absolute atomic E-state index is 12.2. The van der Waals surface area contributed by atoms with Crippen LogP contribution in [0, 0.1) is 20.8 Å². The molecule has 0 aliphatic carbocycles. The van der Waals surface area contributed by atoms with Gasteiger partial charge in [0.15, 0.2) is 0 Å². The third-order valence-electron chi connectivity index (χ3n) is 3.06. The molecule has 0 aromatic heterocycles. The number of hydrogen-bond donors (Lipinski definition) is 1. The van der Waals surface area contributed by atoms with E-state index in [1.165, 1.54) is 0 Å². The zero-order valence-electron chi connectivity index (χ0n) is 11.3. The summed E-state index contributed by atoms with van der Waals surface area (Å²) in [6.07, 6.45) is 0. The fourth-order valence-corrected chi connectivity index (χ4v) is 2.12. The van der Waals surface area contributed by atoms with Gasteiger partial charge in [-0.2, -0.15) is 0 Å². The van der Waals surface area contributed by atoms with E-state index in [1.807, 2.05) is 51.1 Å². The molecule has 0 heterocycles. The predicted molar refractivity (Wildman–Crippen MR) is 80.1 cm³/mol. The Hall–Kier alpha value is -1.80. The summed E-state index contributed by atoms with van der Waals surface area (Å²) in [5.41, 5.74) is 4.50. The van der Waals surface area contributed by atoms with Crippen molar-refractivity contribution in [2.75, 3.05) is 5.32 Å². The Balaban J connectivity index is 2.23. The van der Waals surface area contributed by atoms with Gasteiger partial charge in [-0.1, -0.05) is 35.4 Å². The van der Waals surface area contributed by atoms with Gasteiger partial charge in [-0.05, 0) is 50.1 Å². The molecule has 2 aromatic carbocycles. The average Bonchev–Trinajstić information content (AvgIpc) is 2.33. The summed E-state index contributed by atoms with van der Waals surface area (Å²) in [6, 6.07) is 11.3. The van der Waals surface area contributed by atoms with Crippen LogP contribution in [0.15, 0.2) is 36.4 Å². The number of rotatable bonds is 2. The summed E-state index contributed by atoms with van der Waals surface area (Å²) < 4.78 is 0. The first-order valence-corrected chi connectivity index (χ1v) is 6.50. The lowest BCUT2D eigenvalue weighted by atomic mass is 10.1. The fraction of sp³-hybridized carbons (Fsp3) is 0.188. The molecular formula is C16H16ClNO. The van der Waals surface area contributed by atoms with Crippen molar-refractivity contribution in [1.29, 1.82) is 0 Å². The van der Waals surface area contributed by atoms with Gasteiger partial charge < -0.3 is 5.32 Å². The summed E-state index contributed by atoms with van der Waals surface area (Å²) >= 11 is 6.04. The average molecular weight is 274 g/mol. The van der Waals surface area contributed by atoms with Crippen LogP contribution < -0.4 is 5.32 Å². The molecule has 0 spiro atoms. The lowest BCUT2D eigenvalue weighted by Gasteiger charge is -2.09. The number of carbonyl (C=O) groups excluding carboxylic acids is 1. The molecule has 0 aliphatic rings. The van der Waals surface area contributed by atoms with Gasteiger partial charge in [0.05, 0.1) is 0 Å². The number of amides is 1. The maximum atomic E-state index is 12.2. The van der Waals surface area contributed by atoms with Gasteiger partial charge in [0, 0.05) is 16.3 Å². The first-order chi connectivity index (χ1) is 8.97. The third-order valence-corrected chi connectivity index (χ3v) is 3.46. The minimum atomic E-state index is -0.114. The smallest absolute Gasteiger partial charge is 0.255 e. The SMILES string of the molecule is Cc1ccc(C(=O)Nc2ccc(C)c(Cl)c2)c(C)c1. The summed E-state index contributed by atoms with van der Waals surface area (Å²) in [5, 5.41) is 3.51. The van der Waals surface area contributed by atoms with Crippen LogP contribution in [0.25, 0.3) is 0 Å². The summed E-state index contributed by atoms with van der Waals surface area (Å²) in [5.74, 6) is -0.114. The van der Waals surface area contributed by atoms with E-state index in [2.05, 4.69) is 5.32 Å². The van der Waals surface area contributed by atoms with Gasteiger partial charge in [-0.25, -0.2) is 0 Å². The summed E-state index contributed by atoms with van der Waals surface area (Å²) in [6.45, 7) is 5.87. The molecule has 0 radical (unpaired) electrons. The summed E-state index contributed by atoms with van der Waals surface area (Å²) in [7, 11) is 0. The Kier molecular flexibility index (Phi) is 3.91. The monoisotopic (exact) mass is 273 g/mol. The van der Waals surface area contributed by atoms with E-state index >= 15 is 0 Å². The van der Waals surface area contributed by atoms with Crippen LogP contribution in [0.5, 0.6) is 0 Å². The number of aryl methyl sites for hydroxylation is 3. The van der Waals surface area contributed by atoms with Crippen molar-refractivity contribution in [3.05, 3.63) is 63.7 Å². The Morgan fingerprint density at radius 2 is 1.74 bits per heavy atom. The molecule has 0 aliphatic heterocycles.